The van der Waals surface area contributed by atoms with Crippen LogP contribution in [0.5, 0.6) is 11.5 Å². The monoisotopic (exact) mass is 274 g/mol. The molecule has 1 saturated heterocycles. The van der Waals surface area contributed by atoms with Gasteiger partial charge in [0, 0.05) is 32.2 Å². The number of terminal acetylenes is 1. The molecule has 20 heavy (non-hydrogen) atoms. The first-order valence-electron chi connectivity index (χ1n) is 6.42. The third-order valence-electron chi connectivity index (χ3n) is 3.38. The van der Waals surface area contributed by atoms with Crippen LogP contribution in [0.15, 0.2) is 18.2 Å². The summed E-state index contributed by atoms with van der Waals surface area (Å²) in [5, 5.41) is 0. The van der Waals surface area contributed by atoms with Gasteiger partial charge in [-0.05, 0) is 12.1 Å². The number of nitrogens with zero attached hydrogens (tertiary/aromatic N) is 2. The van der Waals surface area contributed by atoms with E-state index in [2.05, 4.69) is 6.04 Å². The summed E-state index contributed by atoms with van der Waals surface area (Å²) >= 11 is 0. The highest BCUT2D eigenvalue weighted by molar-refractivity contribution is 5.97. The third-order valence-corrected chi connectivity index (χ3v) is 3.38. The van der Waals surface area contributed by atoms with Gasteiger partial charge in [0.25, 0.3) is 5.91 Å². The summed E-state index contributed by atoms with van der Waals surface area (Å²) in [5.74, 6) is 0.970. The minimum Gasteiger partial charge on any atom is -0.493 e. The van der Waals surface area contributed by atoms with Crippen LogP contribution in [0.1, 0.15) is 10.4 Å². The highest BCUT2D eigenvalue weighted by Gasteiger charge is 2.24. The molecule has 5 heteroatoms. The summed E-state index contributed by atoms with van der Waals surface area (Å²) in [5.41, 5.74) is 0.515. The Morgan fingerprint density at radius 3 is 2.45 bits per heavy atom. The predicted molar refractivity (Wildman–Crippen MR) is 75.9 cm³/mol. The van der Waals surface area contributed by atoms with E-state index in [4.69, 9.17) is 15.9 Å². The van der Waals surface area contributed by atoms with E-state index in [-0.39, 0.29) is 5.91 Å². The summed E-state index contributed by atoms with van der Waals surface area (Å²) in [7, 11) is 3.09. The highest BCUT2D eigenvalue weighted by Crippen LogP contribution is 2.31. The fourth-order valence-corrected chi connectivity index (χ4v) is 2.26. The zero-order valence-corrected chi connectivity index (χ0v) is 11.8. The van der Waals surface area contributed by atoms with Gasteiger partial charge in [-0.25, -0.2) is 0 Å². The zero-order valence-electron chi connectivity index (χ0n) is 11.8. The summed E-state index contributed by atoms with van der Waals surface area (Å²) in [6.45, 7) is 2.61. The van der Waals surface area contributed by atoms with Gasteiger partial charge < -0.3 is 19.3 Å². The van der Waals surface area contributed by atoms with E-state index >= 15 is 0 Å². The van der Waals surface area contributed by atoms with Crippen LogP contribution >= 0.6 is 0 Å². The van der Waals surface area contributed by atoms with E-state index in [1.165, 1.54) is 7.11 Å². The van der Waals surface area contributed by atoms with E-state index in [1.54, 1.807) is 30.2 Å². The van der Waals surface area contributed by atoms with Gasteiger partial charge in [0.2, 0.25) is 0 Å². The van der Waals surface area contributed by atoms with Crippen molar-refractivity contribution in [2.75, 3.05) is 40.4 Å². The first-order valence-corrected chi connectivity index (χ1v) is 6.42. The molecule has 1 aliphatic heterocycles. The molecule has 0 spiro atoms. The van der Waals surface area contributed by atoms with Gasteiger partial charge in [0.15, 0.2) is 11.5 Å². The molecule has 0 atom stereocenters. The smallest absolute Gasteiger partial charge is 0.257 e. The van der Waals surface area contributed by atoms with E-state index in [0.29, 0.717) is 43.2 Å². The Balaban J connectivity index is 2.20. The second-order valence-corrected chi connectivity index (χ2v) is 4.45. The van der Waals surface area contributed by atoms with E-state index in [1.807, 2.05) is 4.90 Å². The number of amides is 1. The van der Waals surface area contributed by atoms with Crippen molar-refractivity contribution in [2.24, 2.45) is 0 Å². The van der Waals surface area contributed by atoms with Crippen molar-refractivity contribution in [3.05, 3.63) is 23.8 Å². The Kier molecular flexibility index (Phi) is 4.36. The number of carbonyl (C=O) groups excluding carboxylic acids is 1. The molecule has 0 radical (unpaired) electrons. The van der Waals surface area contributed by atoms with E-state index < -0.39 is 0 Å². The maximum Gasteiger partial charge on any atom is 0.257 e. The molecule has 0 N–H and O–H groups in total. The van der Waals surface area contributed by atoms with Crippen LogP contribution in [-0.2, 0) is 0 Å². The fraction of sp³-hybridized carbons (Fsp3) is 0.400. The van der Waals surface area contributed by atoms with Gasteiger partial charge in [0.1, 0.15) is 0 Å². The summed E-state index contributed by atoms with van der Waals surface area (Å²) in [6.07, 6.45) is 5.36. The summed E-state index contributed by atoms with van der Waals surface area (Å²) < 4.78 is 10.5. The number of benzene rings is 1. The molecule has 1 fully saturated rings. The lowest BCUT2D eigenvalue weighted by atomic mass is 10.1. The largest absolute Gasteiger partial charge is 0.493 e. The van der Waals surface area contributed by atoms with Crippen molar-refractivity contribution in [1.29, 1.82) is 0 Å². The number of hydrogen-bond acceptors (Lipinski definition) is 4. The maximum atomic E-state index is 12.6. The minimum atomic E-state index is -0.0579. The second-order valence-electron chi connectivity index (χ2n) is 4.45. The second kappa shape index (κ2) is 6.20. The van der Waals surface area contributed by atoms with Crippen LogP contribution in [0.3, 0.4) is 0 Å². The highest BCUT2D eigenvalue weighted by atomic mass is 16.5. The quantitative estimate of drug-likeness (QED) is 0.773. The average molecular weight is 274 g/mol. The van der Waals surface area contributed by atoms with Gasteiger partial charge in [-0.3, -0.25) is 4.79 Å². The fourth-order valence-electron chi connectivity index (χ4n) is 2.26. The van der Waals surface area contributed by atoms with Crippen molar-refractivity contribution < 1.29 is 14.3 Å². The van der Waals surface area contributed by atoms with Crippen LogP contribution in [0.25, 0.3) is 0 Å². The number of piperazine rings is 1. The van der Waals surface area contributed by atoms with Gasteiger partial charge in [-0.1, -0.05) is 12.5 Å². The molecule has 0 bridgehead atoms. The summed E-state index contributed by atoms with van der Waals surface area (Å²) in [6, 6.07) is 7.90. The van der Waals surface area contributed by atoms with Crippen molar-refractivity contribution in [3.63, 3.8) is 0 Å². The van der Waals surface area contributed by atoms with Gasteiger partial charge in [0.05, 0.1) is 19.8 Å². The molecular formula is C15H18N2O3. The minimum absolute atomic E-state index is 0.0579. The zero-order chi connectivity index (χ0) is 14.5. The van der Waals surface area contributed by atoms with Gasteiger partial charge in [-0.2, -0.15) is 0 Å². The number of carbonyl (C=O) groups is 1. The van der Waals surface area contributed by atoms with E-state index in [9.17, 15) is 4.79 Å². The Labute approximate surface area is 119 Å². The Morgan fingerprint density at radius 1 is 1.20 bits per heavy atom. The number of methoxy groups -OCH3 is 2. The van der Waals surface area contributed by atoms with Crippen molar-refractivity contribution >= 4 is 5.91 Å². The molecule has 1 aromatic carbocycles. The predicted octanol–water partition coefficient (Wildman–Crippen LogP) is 1.05. The molecule has 1 heterocycles. The molecule has 1 aliphatic rings. The molecular weight excluding hydrogens is 256 g/mol. The number of hydrogen-bond donors (Lipinski definition) is 0. The van der Waals surface area contributed by atoms with Crippen molar-refractivity contribution in [3.8, 4) is 24.0 Å². The molecule has 1 aromatic rings. The number of para-hydroxylation sites is 1. The Bertz CT molecular complexity index is 528. The normalized spacial score (nSPS) is 14.7. The molecule has 106 valence electrons. The Morgan fingerprint density at radius 2 is 1.90 bits per heavy atom. The first-order chi connectivity index (χ1) is 9.71. The lowest BCUT2D eigenvalue weighted by Crippen LogP contribution is -2.47. The molecule has 2 rings (SSSR count). The molecule has 0 aromatic heterocycles. The first kappa shape index (κ1) is 14.1. The SMILES string of the molecule is C#CN1CCN(C(=O)c2cccc(OC)c2OC)CC1. The van der Waals surface area contributed by atoms with Crippen LogP contribution in [0.4, 0.5) is 0 Å². The topological polar surface area (TPSA) is 42.0 Å². The molecule has 0 aliphatic carbocycles. The average Bonchev–Trinajstić information content (AvgIpc) is 2.53. The Hall–Kier alpha value is -2.35. The van der Waals surface area contributed by atoms with Crippen molar-refractivity contribution in [2.45, 2.75) is 0 Å². The maximum absolute atomic E-state index is 12.6. The summed E-state index contributed by atoms with van der Waals surface area (Å²) in [4.78, 5) is 16.2. The molecule has 0 unspecified atom stereocenters. The van der Waals surface area contributed by atoms with Crippen LogP contribution in [0, 0.1) is 12.5 Å². The molecule has 0 saturated carbocycles. The lowest BCUT2D eigenvalue weighted by molar-refractivity contribution is 0.0682. The molecule has 1 amide bonds. The van der Waals surface area contributed by atoms with Crippen molar-refractivity contribution in [1.82, 2.24) is 9.80 Å². The van der Waals surface area contributed by atoms with Gasteiger partial charge in [-0.15, -0.1) is 0 Å². The van der Waals surface area contributed by atoms with Gasteiger partial charge >= 0.3 is 0 Å². The lowest BCUT2D eigenvalue weighted by Gasteiger charge is -2.32. The van der Waals surface area contributed by atoms with Crippen LogP contribution in [-0.4, -0.2) is 56.1 Å². The van der Waals surface area contributed by atoms with E-state index in [0.717, 1.165) is 0 Å². The number of ether oxygens (including phenoxy) is 2. The molecule has 5 nitrogen and oxygen atoms in total. The van der Waals surface area contributed by atoms with Crippen LogP contribution in [0.2, 0.25) is 0 Å². The van der Waals surface area contributed by atoms with Crippen LogP contribution < -0.4 is 9.47 Å². The third kappa shape index (κ3) is 2.64. The standard InChI is InChI=1S/C15H18N2O3/c1-4-16-8-10-17(11-9-16)15(18)12-6-5-7-13(19-2)14(12)20-3/h1,5-7H,8-11H2,2-3H3. The number of rotatable bonds is 3.